The Morgan fingerprint density at radius 1 is 1.09 bits per heavy atom. The highest BCUT2D eigenvalue weighted by atomic mass is 32.2. The number of thiazole rings is 1. The maximum Gasteiger partial charge on any atom is 0.240 e. The van der Waals surface area contributed by atoms with Gasteiger partial charge in [0.05, 0.1) is 20.1 Å². The van der Waals surface area contributed by atoms with Crippen LogP contribution in [-0.4, -0.2) is 86.8 Å². The average Bonchev–Trinajstić information content (AvgIpc) is 3.18. The van der Waals surface area contributed by atoms with Crippen LogP contribution in [0.15, 0.2) is 47.4 Å². The molecule has 0 spiro atoms. The van der Waals surface area contributed by atoms with Crippen molar-refractivity contribution in [3.8, 4) is 5.75 Å². The fraction of sp³-hybridized carbons (Fsp3) is 0.458. The SMILES string of the molecule is Cc1ccc(S(=O)(=O)NCCN2CCN(CC(O)COc3ccc4sc(C)nc4c3)CC2)cc1. The summed E-state index contributed by atoms with van der Waals surface area (Å²) in [4.78, 5) is 9.23. The van der Waals surface area contributed by atoms with Crippen molar-refractivity contribution in [2.24, 2.45) is 0 Å². The molecule has 2 heterocycles. The molecule has 0 saturated carbocycles. The van der Waals surface area contributed by atoms with Crippen LogP contribution in [0.1, 0.15) is 10.6 Å². The molecule has 1 aliphatic rings. The van der Waals surface area contributed by atoms with Crippen LogP contribution in [0, 0.1) is 13.8 Å². The first-order valence-corrected chi connectivity index (χ1v) is 13.8. The molecular weight excluding hydrogens is 472 g/mol. The van der Waals surface area contributed by atoms with E-state index in [1.165, 1.54) is 0 Å². The minimum Gasteiger partial charge on any atom is -0.491 e. The molecule has 0 amide bonds. The summed E-state index contributed by atoms with van der Waals surface area (Å²) >= 11 is 1.65. The van der Waals surface area contributed by atoms with E-state index in [2.05, 4.69) is 19.5 Å². The third-order valence-corrected chi connectivity index (χ3v) is 8.32. The van der Waals surface area contributed by atoms with E-state index in [-0.39, 0.29) is 6.61 Å². The van der Waals surface area contributed by atoms with Crippen molar-refractivity contribution in [1.29, 1.82) is 0 Å². The zero-order chi connectivity index (χ0) is 24.1. The minimum atomic E-state index is -3.48. The molecule has 184 valence electrons. The van der Waals surface area contributed by atoms with Gasteiger partial charge in [0.15, 0.2) is 0 Å². The summed E-state index contributed by atoms with van der Waals surface area (Å²) in [5.41, 5.74) is 1.95. The van der Waals surface area contributed by atoms with Gasteiger partial charge in [-0.25, -0.2) is 18.1 Å². The number of aliphatic hydroxyl groups is 1. The maximum atomic E-state index is 12.4. The van der Waals surface area contributed by atoms with Gasteiger partial charge in [0.25, 0.3) is 0 Å². The van der Waals surface area contributed by atoms with Crippen molar-refractivity contribution in [2.75, 3.05) is 52.4 Å². The van der Waals surface area contributed by atoms with Gasteiger partial charge in [0.2, 0.25) is 10.0 Å². The van der Waals surface area contributed by atoms with Crippen LogP contribution < -0.4 is 9.46 Å². The molecule has 1 aliphatic heterocycles. The Balaban J connectivity index is 1.14. The molecule has 2 aromatic carbocycles. The third-order valence-electron chi connectivity index (χ3n) is 5.89. The molecule has 8 nitrogen and oxygen atoms in total. The monoisotopic (exact) mass is 504 g/mol. The van der Waals surface area contributed by atoms with Gasteiger partial charge < -0.3 is 9.84 Å². The van der Waals surface area contributed by atoms with Crippen molar-refractivity contribution < 1.29 is 18.3 Å². The molecule has 1 unspecified atom stereocenters. The van der Waals surface area contributed by atoms with Crippen LogP contribution in [0.2, 0.25) is 0 Å². The van der Waals surface area contributed by atoms with E-state index in [4.69, 9.17) is 4.74 Å². The largest absolute Gasteiger partial charge is 0.491 e. The Kier molecular flexibility index (Phi) is 8.18. The summed E-state index contributed by atoms with van der Waals surface area (Å²) in [5, 5.41) is 11.5. The van der Waals surface area contributed by atoms with Crippen LogP contribution in [0.4, 0.5) is 0 Å². The Morgan fingerprint density at radius 2 is 1.79 bits per heavy atom. The number of aromatic nitrogens is 1. The second-order valence-electron chi connectivity index (χ2n) is 8.68. The molecule has 4 rings (SSSR count). The summed E-state index contributed by atoms with van der Waals surface area (Å²) in [5.74, 6) is 0.717. The number of benzene rings is 2. The quantitative estimate of drug-likeness (QED) is 0.437. The summed E-state index contributed by atoms with van der Waals surface area (Å²) in [6, 6.07) is 12.7. The van der Waals surface area contributed by atoms with Gasteiger partial charge in [-0.3, -0.25) is 9.80 Å². The second kappa shape index (κ2) is 11.1. The van der Waals surface area contributed by atoms with E-state index in [1.807, 2.05) is 32.0 Å². The van der Waals surface area contributed by atoms with Gasteiger partial charge in [0, 0.05) is 51.9 Å². The Hall–Kier alpha value is -2.08. The molecule has 1 aromatic heterocycles. The fourth-order valence-electron chi connectivity index (χ4n) is 3.99. The molecule has 1 fully saturated rings. The maximum absolute atomic E-state index is 12.4. The van der Waals surface area contributed by atoms with Crippen LogP contribution in [0.3, 0.4) is 0 Å². The number of sulfonamides is 1. The standard InChI is InChI=1S/C24H32N4O4S2/c1-18-3-6-22(7-4-18)34(30,31)25-9-10-27-11-13-28(14-12-27)16-20(29)17-32-21-5-8-24-23(15-21)26-19(2)33-24/h3-8,15,20,25,29H,9-14,16-17H2,1-2H3. The first-order chi connectivity index (χ1) is 16.3. The van der Waals surface area contributed by atoms with E-state index in [9.17, 15) is 13.5 Å². The molecule has 34 heavy (non-hydrogen) atoms. The van der Waals surface area contributed by atoms with Crippen LogP contribution >= 0.6 is 11.3 Å². The summed E-state index contributed by atoms with van der Waals surface area (Å²) < 4.78 is 34.4. The molecule has 3 aromatic rings. The predicted molar refractivity (Wildman–Crippen MR) is 135 cm³/mol. The number of nitrogens with zero attached hydrogens (tertiary/aromatic N) is 3. The highest BCUT2D eigenvalue weighted by Gasteiger charge is 2.20. The Labute approximate surface area is 205 Å². The first-order valence-electron chi connectivity index (χ1n) is 11.5. The van der Waals surface area contributed by atoms with E-state index < -0.39 is 16.1 Å². The molecule has 1 atom stereocenters. The number of β-amino-alcohol motifs (C(OH)–C–C–N with tert-alkyl or cyclic N) is 1. The zero-order valence-electron chi connectivity index (χ0n) is 19.6. The van der Waals surface area contributed by atoms with E-state index in [0.717, 1.165) is 52.7 Å². The number of aryl methyl sites for hydroxylation is 2. The molecular formula is C24H32N4O4S2. The lowest BCUT2D eigenvalue weighted by atomic mass is 10.2. The second-order valence-corrected chi connectivity index (χ2v) is 11.7. The summed E-state index contributed by atoms with van der Waals surface area (Å²) in [7, 11) is -3.48. The summed E-state index contributed by atoms with van der Waals surface area (Å²) in [6.07, 6.45) is -0.583. The third kappa shape index (κ3) is 6.74. The van der Waals surface area contributed by atoms with Crippen LogP contribution in [-0.2, 0) is 10.0 Å². The van der Waals surface area contributed by atoms with Crippen molar-refractivity contribution in [3.63, 3.8) is 0 Å². The van der Waals surface area contributed by atoms with Gasteiger partial charge >= 0.3 is 0 Å². The number of fused-ring (bicyclic) bond motifs is 1. The van der Waals surface area contributed by atoms with E-state index in [0.29, 0.717) is 24.5 Å². The zero-order valence-corrected chi connectivity index (χ0v) is 21.2. The van der Waals surface area contributed by atoms with E-state index in [1.54, 1.807) is 35.6 Å². The molecule has 0 radical (unpaired) electrons. The Bertz CT molecular complexity index is 1190. The van der Waals surface area contributed by atoms with Crippen molar-refractivity contribution in [1.82, 2.24) is 19.5 Å². The molecule has 2 N–H and O–H groups in total. The normalized spacial score (nSPS) is 16.7. The van der Waals surface area contributed by atoms with Gasteiger partial charge in [-0.1, -0.05) is 17.7 Å². The highest BCUT2D eigenvalue weighted by Crippen LogP contribution is 2.25. The number of piperazine rings is 1. The number of aliphatic hydroxyl groups excluding tert-OH is 1. The lowest BCUT2D eigenvalue weighted by Crippen LogP contribution is -2.50. The topological polar surface area (TPSA) is 95.0 Å². The smallest absolute Gasteiger partial charge is 0.240 e. The number of hydrogen-bond donors (Lipinski definition) is 2. The minimum absolute atomic E-state index is 0.232. The van der Waals surface area contributed by atoms with Crippen LogP contribution in [0.25, 0.3) is 10.2 Å². The number of ether oxygens (including phenoxy) is 1. The number of nitrogens with one attached hydrogen (secondary N) is 1. The van der Waals surface area contributed by atoms with Crippen molar-refractivity contribution in [2.45, 2.75) is 24.8 Å². The molecule has 0 aliphatic carbocycles. The van der Waals surface area contributed by atoms with Gasteiger partial charge in [-0.05, 0) is 38.1 Å². The number of hydrogen-bond acceptors (Lipinski definition) is 8. The molecule has 0 bridgehead atoms. The first kappa shape index (κ1) is 25.0. The van der Waals surface area contributed by atoms with Gasteiger partial charge in [-0.15, -0.1) is 11.3 Å². The lowest BCUT2D eigenvalue weighted by Gasteiger charge is -2.35. The predicted octanol–water partition coefficient (Wildman–Crippen LogP) is 2.25. The van der Waals surface area contributed by atoms with Crippen LogP contribution in [0.5, 0.6) is 5.75 Å². The van der Waals surface area contributed by atoms with Crippen molar-refractivity contribution in [3.05, 3.63) is 53.0 Å². The summed E-state index contributed by atoms with van der Waals surface area (Å²) in [6.45, 7) is 9.04. The molecule has 1 saturated heterocycles. The van der Waals surface area contributed by atoms with E-state index >= 15 is 0 Å². The average molecular weight is 505 g/mol. The number of rotatable bonds is 10. The molecule has 10 heteroatoms. The fourth-order valence-corrected chi connectivity index (χ4v) is 5.82. The Morgan fingerprint density at radius 3 is 2.53 bits per heavy atom. The highest BCUT2D eigenvalue weighted by molar-refractivity contribution is 7.89. The lowest BCUT2D eigenvalue weighted by molar-refractivity contribution is 0.0465. The van der Waals surface area contributed by atoms with Gasteiger partial charge in [0.1, 0.15) is 18.5 Å². The van der Waals surface area contributed by atoms with Crippen molar-refractivity contribution >= 4 is 31.6 Å². The van der Waals surface area contributed by atoms with Gasteiger partial charge in [-0.2, -0.15) is 0 Å².